The maximum absolute atomic E-state index is 12.1. The van der Waals surface area contributed by atoms with Crippen LogP contribution in [0.25, 0.3) is 0 Å². The molecule has 24 heavy (non-hydrogen) atoms. The van der Waals surface area contributed by atoms with Gasteiger partial charge in [0.2, 0.25) is 5.88 Å². The number of aliphatic carboxylic acids is 1. The van der Waals surface area contributed by atoms with Crippen molar-refractivity contribution in [3.8, 4) is 5.88 Å². The number of aromatic nitrogens is 1. The van der Waals surface area contributed by atoms with E-state index in [9.17, 15) is 18.0 Å². The fourth-order valence-corrected chi connectivity index (χ4v) is 2.05. The average Bonchev–Trinajstić information content (AvgIpc) is 2.47. The number of carboxylic acid groups (broad SMARTS) is 1. The van der Waals surface area contributed by atoms with Gasteiger partial charge >= 0.3 is 12.1 Å². The Hall–Kier alpha value is -2.33. The summed E-state index contributed by atoms with van der Waals surface area (Å²) in [4.78, 5) is 19.8. The zero-order valence-electron chi connectivity index (χ0n) is 12.0. The van der Waals surface area contributed by atoms with Gasteiger partial charge in [-0.05, 0) is 17.7 Å². The van der Waals surface area contributed by atoms with Crippen molar-refractivity contribution in [3.05, 3.63) is 35.1 Å². The normalized spacial score (nSPS) is 17.6. The molecule has 0 spiro atoms. The third-order valence-electron chi connectivity index (χ3n) is 2.86. The van der Waals surface area contributed by atoms with Crippen molar-refractivity contribution in [2.45, 2.75) is 19.0 Å². The van der Waals surface area contributed by atoms with E-state index in [0.29, 0.717) is 5.56 Å². The Morgan fingerprint density at radius 2 is 2.21 bits per heavy atom. The number of ether oxygens (including phenoxy) is 1. The number of pyridine rings is 1. The number of nitrogens with two attached hydrogens (primary N) is 1. The Morgan fingerprint density at radius 3 is 2.75 bits per heavy atom. The van der Waals surface area contributed by atoms with Gasteiger partial charge in [0, 0.05) is 18.9 Å². The first-order chi connectivity index (χ1) is 11.2. The quantitative estimate of drug-likeness (QED) is 0.825. The third kappa shape index (κ3) is 4.83. The number of hydrogen-bond donors (Lipinski definition) is 2. The number of carboxylic acids is 1. The topological polar surface area (TPSA) is 101 Å². The van der Waals surface area contributed by atoms with Gasteiger partial charge in [-0.2, -0.15) is 13.2 Å². The van der Waals surface area contributed by atoms with Crippen LogP contribution in [0.4, 0.5) is 13.2 Å². The van der Waals surface area contributed by atoms with E-state index >= 15 is 0 Å². The molecule has 2 heterocycles. The molecule has 1 aliphatic heterocycles. The van der Waals surface area contributed by atoms with E-state index in [2.05, 4.69) is 14.7 Å². The van der Waals surface area contributed by atoms with E-state index in [-0.39, 0.29) is 23.2 Å². The minimum absolute atomic E-state index is 0.0824. The fraction of sp³-hybridized carbons (Fsp3) is 0.308. The lowest BCUT2D eigenvalue weighted by atomic mass is 10.2. The van der Waals surface area contributed by atoms with Crippen LogP contribution < -0.4 is 10.5 Å². The van der Waals surface area contributed by atoms with Crippen LogP contribution in [0.1, 0.15) is 5.56 Å². The molecule has 0 fully saturated rings. The summed E-state index contributed by atoms with van der Waals surface area (Å²) in [5.41, 5.74) is 6.10. The molecule has 1 aromatic rings. The number of halogens is 4. The van der Waals surface area contributed by atoms with Crippen LogP contribution in [0.3, 0.4) is 0 Å². The van der Waals surface area contributed by atoms with Crippen LogP contribution in [-0.4, -0.2) is 45.7 Å². The van der Waals surface area contributed by atoms with E-state index < -0.39 is 25.0 Å². The minimum Gasteiger partial charge on any atom is -0.477 e. The molecule has 7 nitrogen and oxygen atoms in total. The standard InChI is InChI=1S/C13H12ClF3N4O3/c14-8-3-7(4-19-10(8)24-6-13(15,16)17)5-21-2-1-9(11(22)23)20-12(21)18/h1-4,12H,5-6,18H2,(H,22,23). The number of alkyl halides is 3. The lowest BCUT2D eigenvalue weighted by Gasteiger charge is -2.27. The molecule has 0 aromatic carbocycles. The maximum Gasteiger partial charge on any atom is 0.422 e. The number of rotatable bonds is 5. The molecular formula is C13H12ClF3N4O3. The highest BCUT2D eigenvalue weighted by Crippen LogP contribution is 2.25. The number of carbonyl (C=O) groups is 1. The molecule has 0 saturated heterocycles. The summed E-state index contributed by atoms with van der Waals surface area (Å²) in [6.45, 7) is -1.31. The van der Waals surface area contributed by atoms with Crippen molar-refractivity contribution in [3.63, 3.8) is 0 Å². The zero-order valence-corrected chi connectivity index (χ0v) is 12.8. The second-order valence-corrected chi connectivity index (χ2v) is 5.16. The van der Waals surface area contributed by atoms with Crippen LogP contribution in [0, 0.1) is 0 Å². The van der Waals surface area contributed by atoms with Crippen LogP contribution in [0.2, 0.25) is 5.02 Å². The second kappa shape index (κ2) is 7.05. The van der Waals surface area contributed by atoms with Gasteiger partial charge in [0.25, 0.3) is 0 Å². The second-order valence-electron chi connectivity index (χ2n) is 4.76. The summed E-state index contributed by atoms with van der Waals surface area (Å²) >= 11 is 5.85. The first kappa shape index (κ1) is 18.0. The lowest BCUT2D eigenvalue weighted by Crippen LogP contribution is -2.40. The lowest BCUT2D eigenvalue weighted by molar-refractivity contribution is -0.154. The van der Waals surface area contributed by atoms with Crippen molar-refractivity contribution >= 4 is 23.3 Å². The number of aliphatic imine (C=N–C) groups is 1. The van der Waals surface area contributed by atoms with E-state index in [0.717, 1.165) is 0 Å². The summed E-state index contributed by atoms with van der Waals surface area (Å²) in [6.07, 6.45) is -1.39. The van der Waals surface area contributed by atoms with Crippen LogP contribution in [0.5, 0.6) is 5.88 Å². The molecule has 11 heteroatoms. The minimum atomic E-state index is -4.49. The van der Waals surface area contributed by atoms with E-state index in [1.165, 1.54) is 29.4 Å². The molecular weight excluding hydrogens is 353 g/mol. The third-order valence-corrected chi connectivity index (χ3v) is 3.13. The smallest absolute Gasteiger partial charge is 0.422 e. The fourth-order valence-electron chi connectivity index (χ4n) is 1.81. The van der Waals surface area contributed by atoms with E-state index in [1.807, 2.05) is 0 Å². The molecule has 1 atom stereocenters. The summed E-state index contributed by atoms with van der Waals surface area (Å²) < 4.78 is 40.8. The summed E-state index contributed by atoms with van der Waals surface area (Å²) in [5, 5.41) is 8.75. The Morgan fingerprint density at radius 1 is 1.50 bits per heavy atom. The maximum atomic E-state index is 12.1. The average molecular weight is 365 g/mol. The van der Waals surface area contributed by atoms with Crippen LogP contribution >= 0.6 is 11.6 Å². The van der Waals surface area contributed by atoms with Gasteiger partial charge in [-0.15, -0.1) is 0 Å². The zero-order chi connectivity index (χ0) is 17.9. The molecule has 0 saturated carbocycles. The van der Waals surface area contributed by atoms with E-state index in [4.69, 9.17) is 22.4 Å². The predicted octanol–water partition coefficient (Wildman–Crippen LogP) is 1.77. The van der Waals surface area contributed by atoms with Gasteiger partial charge in [0.05, 0.1) is 0 Å². The van der Waals surface area contributed by atoms with Crippen LogP contribution in [-0.2, 0) is 11.3 Å². The van der Waals surface area contributed by atoms with Gasteiger partial charge in [0.15, 0.2) is 12.9 Å². The first-order valence-electron chi connectivity index (χ1n) is 6.50. The SMILES string of the molecule is NC1N=C(C(=O)O)C=CN1Cc1cnc(OCC(F)(F)F)c(Cl)c1. The highest BCUT2D eigenvalue weighted by molar-refractivity contribution is 6.40. The van der Waals surface area contributed by atoms with Gasteiger partial charge < -0.3 is 14.7 Å². The van der Waals surface area contributed by atoms with E-state index in [1.54, 1.807) is 0 Å². The number of nitrogens with zero attached hydrogens (tertiary/aromatic N) is 3. The van der Waals surface area contributed by atoms with Gasteiger partial charge in [-0.3, -0.25) is 5.73 Å². The molecule has 1 aromatic heterocycles. The molecule has 0 amide bonds. The summed E-state index contributed by atoms with van der Waals surface area (Å²) in [7, 11) is 0. The summed E-state index contributed by atoms with van der Waals surface area (Å²) in [5.74, 6) is -1.53. The predicted molar refractivity (Wildman–Crippen MR) is 78.5 cm³/mol. The largest absolute Gasteiger partial charge is 0.477 e. The highest BCUT2D eigenvalue weighted by atomic mass is 35.5. The molecule has 0 bridgehead atoms. The van der Waals surface area contributed by atoms with Gasteiger partial charge in [0.1, 0.15) is 10.7 Å². The van der Waals surface area contributed by atoms with Crippen molar-refractivity contribution in [1.29, 1.82) is 0 Å². The molecule has 0 aliphatic carbocycles. The van der Waals surface area contributed by atoms with Crippen molar-refractivity contribution in [1.82, 2.24) is 9.88 Å². The Balaban J connectivity index is 2.03. The molecule has 3 N–H and O–H groups in total. The van der Waals surface area contributed by atoms with Crippen molar-refractivity contribution in [2.24, 2.45) is 10.7 Å². The summed E-state index contributed by atoms with van der Waals surface area (Å²) in [6, 6.07) is 1.39. The number of hydrogen-bond acceptors (Lipinski definition) is 6. The molecule has 1 unspecified atom stereocenters. The molecule has 1 aliphatic rings. The Kier molecular flexibility index (Phi) is 5.30. The van der Waals surface area contributed by atoms with Gasteiger partial charge in [-0.25, -0.2) is 14.8 Å². The van der Waals surface area contributed by atoms with Crippen molar-refractivity contribution in [2.75, 3.05) is 6.61 Å². The van der Waals surface area contributed by atoms with Gasteiger partial charge in [-0.1, -0.05) is 11.6 Å². The molecule has 130 valence electrons. The monoisotopic (exact) mass is 364 g/mol. The highest BCUT2D eigenvalue weighted by Gasteiger charge is 2.29. The Labute approximate surface area is 139 Å². The Bertz CT molecular complexity index is 694. The first-order valence-corrected chi connectivity index (χ1v) is 6.88. The van der Waals surface area contributed by atoms with Crippen LogP contribution in [0.15, 0.2) is 29.5 Å². The molecule has 2 rings (SSSR count). The van der Waals surface area contributed by atoms with Crippen molar-refractivity contribution < 1.29 is 27.8 Å². The molecule has 0 radical (unpaired) electrons.